The van der Waals surface area contributed by atoms with Crippen molar-refractivity contribution in [3.8, 4) is 0 Å². The number of primary amides is 1. The number of hydrogen-bond acceptors (Lipinski definition) is 4. The Morgan fingerprint density at radius 2 is 1.84 bits per heavy atom. The van der Waals surface area contributed by atoms with Gasteiger partial charge in [0.25, 0.3) is 5.91 Å². The highest BCUT2D eigenvalue weighted by molar-refractivity contribution is 5.99. The number of piperazine rings is 1. The third-order valence-corrected chi connectivity index (χ3v) is 4.00. The van der Waals surface area contributed by atoms with Gasteiger partial charge in [-0.15, -0.1) is 0 Å². The zero-order chi connectivity index (χ0) is 13.4. The van der Waals surface area contributed by atoms with Crippen molar-refractivity contribution in [2.45, 2.75) is 18.9 Å². The quantitative estimate of drug-likeness (QED) is 0.783. The lowest BCUT2D eigenvalue weighted by Crippen LogP contribution is -2.47. The van der Waals surface area contributed by atoms with Crippen molar-refractivity contribution >= 4 is 17.3 Å². The second kappa shape index (κ2) is 4.74. The second-order valence-electron chi connectivity index (χ2n) is 5.40. The van der Waals surface area contributed by atoms with Crippen molar-refractivity contribution in [3.63, 3.8) is 0 Å². The Bertz CT molecular complexity index is 490. The van der Waals surface area contributed by atoms with Crippen molar-refractivity contribution in [1.29, 1.82) is 0 Å². The summed E-state index contributed by atoms with van der Waals surface area (Å²) in [7, 11) is 0. The lowest BCUT2D eigenvalue weighted by molar-refractivity contribution is 0.100. The summed E-state index contributed by atoms with van der Waals surface area (Å²) < 4.78 is 0. The van der Waals surface area contributed by atoms with E-state index in [1.165, 1.54) is 12.8 Å². The van der Waals surface area contributed by atoms with Crippen LogP contribution in [0, 0.1) is 0 Å². The minimum Gasteiger partial charge on any atom is -0.399 e. The maximum Gasteiger partial charge on any atom is 0.250 e. The van der Waals surface area contributed by atoms with Crippen LogP contribution in [-0.2, 0) is 0 Å². The molecule has 5 heteroatoms. The van der Waals surface area contributed by atoms with E-state index in [4.69, 9.17) is 11.5 Å². The Hall–Kier alpha value is -1.75. The van der Waals surface area contributed by atoms with Gasteiger partial charge in [-0.3, -0.25) is 9.69 Å². The molecule has 3 rings (SSSR count). The SMILES string of the molecule is NC(=O)c1cc(N)ccc1N1CCN(C2CC2)CC1. The topological polar surface area (TPSA) is 75.6 Å². The summed E-state index contributed by atoms with van der Waals surface area (Å²) in [5.41, 5.74) is 13.2. The molecule has 4 N–H and O–H groups in total. The van der Waals surface area contributed by atoms with Gasteiger partial charge in [-0.25, -0.2) is 0 Å². The third-order valence-electron chi connectivity index (χ3n) is 4.00. The summed E-state index contributed by atoms with van der Waals surface area (Å²) in [6, 6.07) is 6.21. The van der Waals surface area contributed by atoms with E-state index in [9.17, 15) is 4.79 Å². The average Bonchev–Trinajstić information content (AvgIpc) is 3.23. The molecule has 1 aliphatic carbocycles. The van der Waals surface area contributed by atoms with Gasteiger partial charge in [-0.05, 0) is 31.0 Å². The smallest absolute Gasteiger partial charge is 0.250 e. The molecule has 5 nitrogen and oxygen atoms in total. The van der Waals surface area contributed by atoms with Gasteiger partial charge < -0.3 is 16.4 Å². The standard InChI is InChI=1S/C14H20N4O/c15-10-1-4-13(12(9-10)14(16)19)18-7-5-17(6-8-18)11-2-3-11/h1,4,9,11H,2-3,5-8,15H2,(H2,16,19). The molecule has 1 aromatic rings. The largest absolute Gasteiger partial charge is 0.399 e. The van der Waals surface area contributed by atoms with Gasteiger partial charge in [0.2, 0.25) is 0 Å². The van der Waals surface area contributed by atoms with Gasteiger partial charge in [-0.2, -0.15) is 0 Å². The number of benzene rings is 1. The molecular formula is C14H20N4O. The molecule has 0 bridgehead atoms. The van der Waals surface area contributed by atoms with Gasteiger partial charge in [0.05, 0.1) is 5.56 Å². The van der Waals surface area contributed by atoms with Crippen molar-refractivity contribution in [2.75, 3.05) is 36.8 Å². The highest BCUT2D eigenvalue weighted by Crippen LogP contribution is 2.29. The summed E-state index contributed by atoms with van der Waals surface area (Å²) in [4.78, 5) is 16.3. The van der Waals surface area contributed by atoms with Crippen LogP contribution in [0.5, 0.6) is 0 Å². The van der Waals surface area contributed by atoms with Crippen LogP contribution in [-0.4, -0.2) is 43.0 Å². The van der Waals surface area contributed by atoms with Gasteiger partial charge in [0.15, 0.2) is 0 Å². The monoisotopic (exact) mass is 260 g/mol. The number of anilines is 2. The molecule has 0 unspecified atom stereocenters. The number of amides is 1. The van der Waals surface area contributed by atoms with E-state index in [0.29, 0.717) is 11.3 Å². The zero-order valence-corrected chi connectivity index (χ0v) is 11.0. The molecule has 0 atom stereocenters. The number of nitrogens with zero attached hydrogens (tertiary/aromatic N) is 2. The van der Waals surface area contributed by atoms with Crippen LogP contribution in [0.1, 0.15) is 23.2 Å². The number of hydrogen-bond donors (Lipinski definition) is 2. The first kappa shape index (κ1) is 12.3. The van der Waals surface area contributed by atoms with E-state index in [1.54, 1.807) is 6.07 Å². The first-order valence-electron chi connectivity index (χ1n) is 6.83. The van der Waals surface area contributed by atoms with Crippen LogP contribution in [0.15, 0.2) is 18.2 Å². The predicted octanol–water partition coefficient (Wildman–Crippen LogP) is 0.652. The van der Waals surface area contributed by atoms with Crippen LogP contribution >= 0.6 is 0 Å². The summed E-state index contributed by atoms with van der Waals surface area (Å²) in [6.45, 7) is 4.02. The number of carbonyl (C=O) groups excluding carboxylic acids is 1. The Morgan fingerprint density at radius 1 is 1.16 bits per heavy atom. The summed E-state index contributed by atoms with van der Waals surface area (Å²) >= 11 is 0. The zero-order valence-electron chi connectivity index (χ0n) is 11.0. The molecule has 1 saturated carbocycles. The van der Waals surface area contributed by atoms with Gasteiger partial charge >= 0.3 is 0 Å². The minimum atomic E-state index is -0.410. The maximum absolute atomic E-state index is 11.5. The van der Waals surface area contributed by atoms with E-state index in [2.05, 4.69) is 9.80 Å². The number of nitrogens with two attached hydrogens (primary N) is 2. The van der Waals surface area contributed by atoms with E-state index in [1.807, 2.05) is 12.1 Å². The Kier molecular flexibility index (Phi) is 3.06. The molecule has 19 heavy (non-hydrogen) atoms. The number of carbonyl (C=O) groups is 1. The molecule has 2 fully saturated rings. The molecule has 0 spiro atoms. The van der Waals surface area contributed by atoms with Crippen molar-refractivity contribution in [3.05, 3.63) is 23.8 Å². The fourth-order valence-electron chi connectivity index (χ4n) is 2.79. The number of rotatable bonds is 3. The molecule has 1 aromatic carbocycles. The van der Waals surface area contributed by atoms with E-state index in [-0.39, 0.29) is 0 Å². The molecule has 0 radical (unpaired) electrons. The third kappa shape index (κ3) is 2.51. The van der Waals surface area contributed by atoms with Gasteiger partial charge in [-0.1, -0.05) is 0 Å². The molecule has 1 saturated heterocycles. The molecule has 1 amide bonds. The molecule has 102 valence electrons. The average molecular weight is 260 g/mol. The summed E-state index contributed by atoms with van der Waals surface area (Å²) in [5.74, 6) is -0.410. The van der Waals surface area contributed by atoms with Crippen LogP contribution in [0.25, 0.3) is 0 Å². The minimum absolute atomic E-state index is 0.410. The predicted molar refractivity (Wildman–Crippen MR) is 76.2 cm³/mol. The molecule has 1 aliphatic heterocycles. The second-order valence-corrected chi connectivity index (χ2v) is 5.40. The van der Waals surface area contributed by atoms with E-state index in [0.717, 1.165) is 37.9 Å². The molecule has 1 heterocycles. The summed E-state index contributed by atoms with van der Waals surface area (Å²) in [6.07, 6.45) is 2.68. The first-order chi connectivity index (χ1) is 9.15. The van der Waals surface area contributed by atoms with Gasteiger partial charge in [0.1, 0.15) is 0 Å². The Balaban J connectivity index is 1.77. The van der Waals surface area contributed by atoms with E-state index >= 15 is 0 Å². The van der Waals surface area contributed by atoms with Crippen LogP contribution < -0.4 is 16.4 Å². The van der Waals surface area contributed by atoms with Crippen molar-refractivity contribution in [1.82, 2.24) is 4.90 Å². The van der Waals surface area contributed by atoms with Crippen LogP contribution in [0.2, 0.25) is 0 Å². The number of nitrogen functional groups attached to an aromatic ring is 1. The molecule has 0 aromatic heterocycles. The highest BCUT2D eigenvalue weighted by Gasteiger charge is 2.31. The van der Waals surface area contributed by atoms with Gasteiger partial charge in [0, 0.05) is 43.6 Å². The van der Waals surface area contributed by atoms with Crippen LogP contribution in [0.3, 0.4) is 0 Å². The fraction of sp³-hybridized carbons (Fsp3) is 0.500. The maximum atomic E-state index is 11.5. The van der Waals surface area contributed by atoms with Crippen molar-refractivity contribution in [2.24, 2.45) is 5.73 Å². The van der Waals surface area contributed by atoms with Crippen LogP contribution in [0.4, 0.5) is 11.4 Å². The molecule has 2 aliphatic rings. The summed E-state index contributed by atoms with van der Waals surface area (Å²) in [5, 5.41) is 0. The first-order valence-corrected chi connectivity index (χ1v) is 6.83. The van der Waals surface area contributed by atoms with E-state index < -0.39 is 5.91 Å². The normalized spacial score (nSPS) is 20.5. The fourth-order valence-corrected chi connectivity index (χ4v) is 2.79. The lowest BCUT2D eigenvalue weighted by atomic mass is 10.1. The lowest BCUT2D eigenvalue weighted by Gasteiger charge is -2.36. The highest BCUT2D eigenvalue weighted by atomic mass is 16.1. The van der Waals surface area contributed by atoms with Crippen molar-refractivity contribution < 1.29 is 4.79 Å². The molecular weight excluding hydrogens is 240 g/mol. The Morgan fingerprint density at radius 3 is 2.42 bits per heavy atom. The Labute approximate surface area is 113 Å².